The van der Waals surface area contributed by atoms with Crippen LogP contribution in [0.2, 0.25) is 0 Å². The Bertz CT molecular complexity index is 535. The highest BCUT2D eigenvalue weighted by Crippen LogP contribution is 2.26. The maximum atomic E-state index is 11.9. The normalized spacial score (nSPS) is 23.3. The molecule has 0 heterocycles. The maximum Gasteiger partial charge on any atom is 0.407 e. The summed E-state index contributed by atoms with van der Waals surface area (Å²) in [6, 6.07) is 9.00. The first-order valence-electron chi connectivity index (χ1n) is 7.89. The molecular formula is C17H23NO6. The smallest absolute Gasteiger partial charge is 0.407 e. The largest absolute Gasteiger partial charge is 0.445 e. The summed E-state index contributed by atoms with van der Waals surface area (Å²) in [6.45, 7) is 0.0455. The molecule has 0 bridgehead atoms. The second kappa shape index (κ2) is 9.24. The van der Waals surface area contributed by atoms with Crippen LogP contribution in [-0.2, 0) is 25.6 Å². The van der Waals surface area contributed by atoms with Crippen LogP contribution < -0.4 is 5.32 Å². The topological polar surface area (TPSA) is 94.1 Å². The van der Waals surface area contributed by atoms with Crippen LogP contribution in [-0.4, -0.2) is 43.2 Å². The number of carbonyl (C=O) groups excluding carboxylic acids is 2. The zero-order chi connectivity index (χ0) is 17.4. The molecular weight excluding hydrogens is 314 g/mol. The molecule has 7 heteroatoms. The number of nitrogens with one attached hydrogen (secondary N) is 1. The van der Waals surface area contributed by atoms with Gasteiger partial charge >= 0.3 is 12.1 Å². The number of aliphatic hydroxyl groups is 1. The van der Waals surface area contributed by atoms with Crippen molar-refractivity contribution in [2.75, 3.05) is 13.9 Å². The minimum Gasteiger partial charge on any atom is -0.445 e. The van der Waals surface area contributed by atoms with Crippen molar-refractivity contribution in [1.29, 1.82) is 0 Å². The molecule has 1 aliphatic carbocycles. The average molecular weight is 337 g/mol. The summed E-state index contributed by atoms with van der Waals surface area (Å²) in [5, 5.41) is 12.6. The Labute approximate surface area is 140 Å². The van der Waals surface area contributed by atoms with Crippen molar-refractivity contribution in [1.82, 2.24) is 5.32 Å². The van der Waals surface area contributed by atoms with Gasteiger partial charge in [0.15, 0.2) is 6.79 Å². The average Bonchev–Trinajstić information content (AvgIpc) is 2.58. The second-order valence-corrected chi connectivity index (χ2v) is 5.83. The minimum absolute atomic E-state index is 0.122. The lowest BCUT2D eigenvalue weighted by molar-refractivity contribution is -0.161. The first-order chi connectivity index (χ1) is 11.6. The highest BCUT2D eigenvalue weighted by atomic mass is 16.7. The third-order valence-electron chi connectivity index (χ3n) is 3.87. The molecule has 2 N–H and O–H groups in total. The number of hydrogen-bond donors (Lipinski definition) is 2. The van der Waals surface area contributed by atoms with Gasteiger partial charge in [0.1, 0.15) is 6.61 Å². The van der Waals surface area contributed by atoms with Crippen molar-refractivity contribution in [3.63, 3.8) is 0 Å². The molecule has 0 spiro atoms. The Morgan fingerprint density at radius 1 is 1.17 bits per heavy atom. The Balaban J connectivity index is 1.80. The van der Waals surface area contributed by atoms with Gasteiger partial charge in [-0.1, -0.05) is 30.3 Å². The second-order valence-electron chi connectivity index (χ2n) is 5.83. The Morgan fingerprint density at radius 2 is 1.92 bits per heavy atom. The van der Waals surface area contributed by atoms with Crippen molar-refractivity contribution < 1.29 is 28.9 Å². The summed E-state index contributed by atoms with van der Waals surface area (Å²) < 4.78 is 14.8. The van der Waals surface area contributed by atoms with Crippen LogP contribution in [0.3, 0.4) is 0 Å². The standard InChI is InChI=1S/C17H23NO6/c1-22-11-24-16(20)13-7-14(9-15(19)8-13)18-17(21)23-10-12-5-3-2-4-6-12/h2-6,13-15,19H,7-11H2,1H3,(H,18,21)/t13-,14+,15-/m0/s1. The van der Waals surface area contributed by atoms with Crippen molar-refractivity contribution >= 4 is 12.1 Å². The molecule has 1 aromatic carbocycles. The number of aliphatic hydroxyl groups excluding tert-OH is 1. The summed E-state index contributed by atoms with van der Waals surface area (Å²) in [5.41, 5.74) is 0.886. The monoisotopic (exact) mass is 337 g/mol. The van der Waals surface area contributed by atoms with E-state index in [1.54, 1.807) is 0 Å². The quantitative estimate of drug-likeness (QED) is 0.605. The van der Waals surface area contributed by atoms with E-state index in [0.29, 0.717) is 19.3 Å². The lowest BCUT2D eigenvalue weighted by Crippen LogP contribution is -2.44. The highest BCUT2D eigenvalue weighted by molar-refractivity contribution is 5.73. The molecule has 3 atom stereocenters. The molecule has 1 aromatic rings. The van der Waals surface area contributed by atoms with E-state index in [-0.39, 0.29) is 19.4 Å². The van der Waals surface area contributed by atoms with E-state index in [4.69, 9.17) is 14.2 Å². The van der Waals surface area contributed by atoms with Crippen LogP contribution in [0, 0.1) is 5.92 Å². The predicted octanol–water partition coefficient (Wildman–Crippen LogP) is 1.59. The van der Waals surface area contributed by atoms with Crippen molar-refractivity contribution in [2.24, 2.45) is 5.92 Å². The molecule has 1 amide bonds. The Kier molecular flexibility index (Phi) is 7.02. The van der Waals surface area contributed by atoms with Crippen LogP contribution in [0.5, 0.6) is 0 Å². The summed E-state index contributed by atoms with van der Waals surface area (Å²) in [7, 11) is 1.43. The summed E-state index contributed by atoms with van der Waals surface area (Å²) in [6.07, 6.45) is -0.130. The first kappa shape index (κ1) is 18.2. The van der Waals surface area contributed by atoms with Crippen LogP contribution in [0.1, 0.15) is 24.8 Å². The van der Waals surface area contributed by atoms with E-state index >= 15 is 0 Å². The number of rotatable bonds is 6. The number of methoxy groups -OCH3 is 1. The van der Waals surface area contributed by atoms with E-state index in [2.05, 4.69) is 5.32 Å². The van der Waals surface area contributed by atoms with Crippen LogP contribution in [0.15, 0.2) is 30.3 Å². The third-order valence-corrected chi connectivity index (χ3v) is 3.87. The predicted molar refractivity (Wildman–Crippen MR) is 84.9 cm³/mol. The van der Waals surface area contributed by atoms with Gasteiger partial charge in [-0.25, -0.2) is 4.79 Å². The molecule has 1 aliphatic rings. The van der Waals surface area contributed by atoms with Crippen molar-refractivity contribution in [3.8, 4) is 0 Å². The fraction of sp³-hybridized carbons (Fsp3) is 0.529. The van der Waals surface area contributed by atoms with E-state index in [1.165, 1.54) is 7.11 Å². The number of ether oxygens (including phenoxy) is 3. The molecule has 0 saturated heterocycles. The number of esters is 1. The van der Waals surface area contributed by atoms with E-state index in [1.807, 2.05) is 30.3 Å². The highest BCUT2D eigenvalue weighted by Gasteiger charge is 2.34. The Hall–Kier alpha value is -2.12. The zero-order valence-corrected chi connectivity index (χ0v) is 13.6. The van der Waals surface area contributed by atoms with Gasteiger partial charge in [0.25, 0.3) is 0 Å². The molecule has 0 aliphatic heterocycles. The number of hydrogen-bond acceptors (Lipinski definition) is 6. The number of amides is 1. The molecule has 0 radical (unpaired) electrons. The van der Waals surface area contributed by atoms with E-state index in [0.717, 1.165) is 5.56 Å². The fourth-order valence-corrected chi connectivity index (χ4v) is 2.77. The number of carbonyl (C=O) groups is 2. The molecule has 2 rings (SSSR count). The fourth-order valence-electron chi connectivity index (χ4n) is 2.77. The molecule has 24 heavy (non-hydrogen) atoms. The lowest BCUT2D eigenvalue weighted by atomic mass is 9.84. The van der Waals surface area contributed by atoms with Gasteiger partial charge in [-0.2, -0.15) is 0 Å². The maximum absolute atomic E-state index is 11.9. The molecule has 1 fully saturated rings. The number of benzene rings is 1. The van der Waals surface area contributed by atoms with Gasteiger partial charge in [0, 0.05) is 13.2 Å². The number of alkyl carbamates (subject to hydrolysis) is 1. The van der Waals surface area contributed by atoms with Gasteiger partial charge < -0.3 is 24.6 Å². The molecule has 132 valence electrons. The molecule has 7 nitrogen and oxygen atoms in total. The summed E-state index contributed by atoms with van der Waals surface area (Å²) in [5.74, 6) is -0.900. The van der Waals surface area contributed by atoms with E-state index in [9.17, 15) is 14.7 Å². The van der Waals surface area contributed by atoms with Gasteiger partial charge in [-0.05, 0) is 24.8 Å². The van der Waals surface area contributed by atoms with Gasteiger partial charge in [-0.15, -0.1) is 0 Å². The van der Waals surface area contributed by atoms with E-state index < -0.39 is 24.1 Å². The van der Waals surface area contributed by atoms with Crippen molar-refractivity contribution in [2.45, 2.75) is 38.0 Å². The van der Waals surface area contributed by atoms with Gasteiger partial charge in [0.05, 0.1) is 12.0 Å². The minimum atomic E-state index is -0.668. The summed E-state index contributed by atoms with van der Waals surface area (Å²) >= 11 is 0. The van der Waals surface area contributed by atoms with Crippen molar-refractivity contribution in [3.05, 3.63) is 35.9 Å². The zero-order valence-electron chi connectivity index (χ0n) is 13.6. The van der Waals surface area contributed by atoms with Gasteiger partial charge in [-0.3, -0.25) is 4.79 Å². The SMILES string of the molecule is COCOC(=O)[C@@H]1C[C@H](O)C[C@H](NC(=O)OCc2ccccc2)C1. The molecule has 1 saturated carbocycles. The summed E-state index contributed by atoms with van der Waals surface area (Å²) in [4.78, 5) is 23.8. The van der Waals surface area contributed by atoms with Crippen LogP contribution in [0.25, 0.3) is 0 Å². The molecule has 0 aromatic heterocycles. The third kappa shape index (κ3) is 5.82. The lowest BCUT2D eigenvalue weighted by Gasteiger charge is -2.31. The van der Waals surface area contributed by atoms with Crippen LogP contribution in [0.4, 0.5) is 4.79 Å². The van der Waals surface area contributed by atoms with Gasteiger partial charge in [0.2, 0.25) is 0 Å². The first-order valence-corrected chi connectivity index (χ1v) is 7.89. The van der Waals surface area contributed by atoms with Crippen LogP contribution >= 0.6 is 0 Å². The Morgan fingerprint density at radius 3 is 2.62 bits per heavy atom. The molecule has 0 unspecified atom stereocenters.